The van der Waals surface area contributed by atoms with Crippen molar-refractivity contribution in [1.82, 2.24) is 0 Å². The number of rotatable bonds is 2. The van der Waals surface area contributed by atoms with Gasteiger partial charge in [0.1, 0.15) is 0 Å². The number of hydrogen-bond donors (Lipinski definition) is 1. The number of nitrogens with two attached hydrogens (primary N) is 1. The van der Waals surface area contributed by atoms with E-state index in [9.17, 15) is 0 Å². The zero-order valence-electron chi connectivity index (χ0n) is 7.95. The number of nitrogens with zero attached hydrogens (tertiary/aromatic N) is 1. The third-order valence-corrected chi connectivity index (χ3v) is 1.70. The van der Waals surface area contributed by atoms with Crippen molar-refractivity contribution in [3.05, 3.63) is 35.4 Å². The van der Waals surface area contributed by atoms with E-state index in [0.717, 1.165) is 5.56 Å². The van der Waals surface area contributed by atoms with Crippen LogP contribution < -0.4 is 5.84 Å². The summed E-state index contributed by atoms with van der Waals surface area (Å²) in [5, 5.41) is 3.57. The first-order valence-electron chi connectivity index (χ1n) is 4.25. The largest absolute Gasteiger partial charge is 0.477 e. The molecular formula is C10H14N2O. The van der Waals surface area contributed by atoms with Gasteiger partial charge in [-0.2, -0.15) is 0 Å². The zero-order valence-corrected chi connectivity index (χ0v) is 7.95. The minimum Gasteiger partial charge on any atom is -0.477 e. The summed E-state index contributed by atoms with van der Waals surface area (Å²) in [6, 6.07) is 7.88. The number of ether oxygens (including phenoxy) is 1. The van der Waals surface area contributed by atoms with E-state index in [1.54, 1.807) is 0 Å². The van der Waals surface area contributed by atoms with Crippen molar-refractivity contribution in [2.24, 2.45) is 10.9 Å². The average molecular weight is 178 g/mol. The van der Waals surface area contributed by atoms with E-state index in [2.05, 4.69) is 5.10 Å². The quantitative estimate of drug-likeness (QED) is 0.324. The van der Waals surface area contributed by atoms with Crippen molar-refractivity contribution in [1.29, 1.82) is 0 Å². The van der Waals surface area contributed by atoms with E-state index in [-0.39, 0.29) is 0 Å². The van der Waals surface area contributed by atoms with Gasteiger partial charge in [-0.1, -0.05) is 17.7 Å². The molecule has 0 heterocycles. The molecular weight excluding hydrogens is 164 g/mol. The van der Waals surface area contributed by atoms with Crippen LogP contribution in [-0.4, -0.2) is 12.5 Å². The first kappa shape index (κ1) is 9.58. The van der Waals surface area contributed by atoms with Crippen molar-refractivity contribution < 1.29 is 4.74 Å². The van der Waals surface area contributed by atoms with Gasteiger partial charge in [0, 0.05) is 5.56 Å². The highest BCUT2D eigenvalue weighted by atomic mass is 16.5. The van der Waals surface area contributed by atoms with E-state index in [0.29, 0.717) is 12.5 Å². The third kappa shape index (κ3) is 2.47. The lowest BCUT2D eigenvalue weighted by Crippen LogP contribution is -2.09. The summed E-state index contributed by atoms with van der Waals surface area (Å²) >= 11 is 0. The first-order chi connectivity index (χ1) is 6.27. The molecule has 0 aromatic heterocycles. The van der Waals surface area contributed by atoms with Gasteiger partial charge in [0.2, 0.25) is 5.90 Å². The molecule has 2 N–H and O–H groups in total. The Labute approximate surface area is 78.2 Å². The molecule has 0 spiro atoms. The number of benzene rings is 1. The van der Waals surface area contributed by atoms with Gasteiger partial charge in [0.15, 0.2) is 0 Å². The lowest BCUT2D eigenvalue weighted by Gasteiger charge is -2.05. The Hall–Kier alpha value is -1.51. The van der Waals surface area contributed by atoms with Crippen LogP contribution >= 0.6 is 0 Å². The Morgan fingerprint density at radius 2 is 2.00 bits per heavy atom. The molecule has 1 aromatic rings. The molecule has 3 nitrogen and oxygen atoms in total. The molecule has 0 aliphatic carbocycles. The zero-order chi connectivity index (χ0) is 9.68. The van der Waals surface area contributed by atoms with Gasteiger partial charge >= 0.3 is 0 Å². The monoisotopic (exact) mass is 178 g/mol. The van der Waals surface area contributed by atoms with Gasteiger partial charge in [0.05, 0.1) is 6.61 Å². The van der Waals surface area contributed by atoms with Crippen LogP contribution in [0.4, 0.5) is 0 Å². The number of aryl methyl sites for hydroxylation is 1. The molecule has 0 amide bonds. The van der Waals surface area contributed by atoms with Gasteiger partial charge in [-0.25, -0.2) is 0 Å². The molecule has 0 atom stereocenters. The Morgan fingerprint density at radius 1 is 1.38 bits per heavy atom. The van der Waals surface area contributed by atoms with E-state index in [1.807, 2.05) is 38.1 Å². The van der Waals surface area contributed by atoms with E-state index in [1.165, 1.54) is 5.56 Å². The van der Waals surface area contributed by atoms with Gasteiger partial charge in [-0.05, 0) is 26.0 Å². The standard InChI is InChI=1S/C10H14N2O/c1-3-13-10(12-11)9-6-4-8(2)5-7-9/h4-7H,3,11H2,1-2H3/b12-10+. The van der Waals surface area contributed by atoms with Crippen molar-refractivity contribution in [3.63, 3.8) is 0 Å². The minimum absolute atomic E-state index is 0.488. The Kier molecular flexibility index (Phi) is 3.31. The van der Waals surface area contributed by atoms with Crippen LogP contribution in [0.3, 0.4) is 0 Å². The second kappa shape index (κ2) is 4.50. The highest BCUT2D eigenvalue weighted by Gasteiger charge is 2.01. The van der Waals surface area contributed by atoms with Crippen LogP contribution in [0.2, 0.25) is 0 Å². The fourth-order valence-electron chi connectivity index (χ4n) is 1.03. The summed E-state index contributed by atoms with van der Waals surface area (Å²) in [7, 11) is 0. The molecule has 13 heavy (non-hydrogen) atoms. The second-order valence-electron chi connectivity index (χ2n) is 2.73. The summed E-state index contributed by atoms with van der Waals surface area (Å²) in [5.74, 6) is 5.68. The molecule has 0 saturated carbocycles. The molecule has 3 heteroatoms. The van der Waals surface area contributed by atoms with Crippen LogP contribution in [0, 0.1) is 6.92 Å². The lowest BCUT2D eigenvalue weighted by atomic mass is 10.1. The molecule has 0 bridgehead atoms. The maximum atomic E-state index is 5.24. The van der Waals surface area contributed by atoms with Gasteiger partial charge < -0.3 is 10.6 Å². The Morgan fingerprint density at radius 3 is 2.46 bits per heavy atom. The maximum absolute atomic E-state index is 5.24. The summed E-state index contributed by atoms with van der Waals surface area (Å²) in [4.78, 5) is 0. The molecule has 1 aromatic carbocycles. The maximum Gasteiger partial charge on any atom is 0.237 e. The molecule has 1 rings (SSSR count). The summed E-state index contributed by atoms with van der Waals surface area (Å²) in [6.07, 6.45) is 0. The lowest BCUT2D eigenvalue weighted by molar-refractivity contribution is 0.327. The fraction of sp³-hybridized carbons (Fsp3) is 0.300. The van der Waals surface area contributed by atoms with Crippen LogP contribution in [0.5, 0.6) is 0 Å². The fourth-order valence-corrected chi connectivity index (χ4v) is 1.03. The van der Waals surface area contributed by atoms with Crippen molar-refractivity contribution >= 4 is 5.90 Å². The summed E-state index contributed by atoms with van der Waals surface area (Å²) in [5.41, 5.74) is 2.12. The molecule has 0 unspecified atom stereocenters. The van der Waals surface area contributed by atoms with Crippen LogP contribution in [0.1, 0.15) is 18.1 Å². The van der Waals surface area contributed by atoms with Gasteiger partial charge in [-0.3, -0.25) is 0 Å². The van der Waals surface area contributed by atoms with Crippen molar-refractivity contribution in [2.75, 3.05) is 6.61 Å². The predicted molar refractivity (Wildman–Crippen MR) is 53.5 cm³/mol. The van der Waals surface area contributed by atoms with Crippen molar-refractivity contribution in [2.45, 2.75) is 13.8 Å². The SMILES string of the molecule is CCO/C(=N/N)c1ccc(C)cc1. The molecule has 0 aliphatic rings. The van der Waals surface area contributed by atoms with Crippen molar-refractivity contribution in [3.8, 4) is 0 Å². The normalized spacial score (nSPS) is 11.4. The minimum atomic E-state index is 0.488. The third-order valence-electron chi connectivity index (χ3n) is 1.70. The predicted octanol–water partition coefficient (Wildman–Crippen LogP) is 1.65. The molecule has 0 aliphatic heterocycles. The van der Waals surface area contributed by atoms with Gasteiger partial charge in [-0.15, -0.1) is 5.10 Å². The topological polar surface area (TPSA) is 47.6 Å². The van der Waals surface area contributed by atoms with Crippen LogP contribution in [-0.2, 0) is 4.74 Å². The summed E-state index contributed by atoms with van der Waals surface area (Å²) in [6.45, 7) is 4.51. The highest BCUT2D eigenvalue weighted by molar-refractivity contribution is 5.93. The second-order valence-corrected chi connectivity index (χ2v) is 2.73. The summed E-state index contributed by atoms with van der Waals surface area (Å²) < 4.78 is 5.24. The smallest absolute Gasteiger partial charge is 0.237 e. The molecule has 0 fully saturated rings. The van der Waals surface area contributed by atoms with E-state index in [4.69, 9.17) is 10.6 Å². The molecule has 0 saturated heterocycles. The van der Waals surface area contributed by atoms with Crippen LogP contribution in [0.25, 0.3) is 0 Å². The Bertz CT molecular complexity index is 290. The van der Waals surface area contributed by atoms with Gasteiger partial charge in [0.25, 0.3) is 0 Å². The highest BCUT2D eigenvalue weighted by Crippen LogP contribution is 2.05. The van der Waals surface area contributed by atoms with Crippen LogP contribution in [0.15, 0.2) is 29.4 Å². The first-order valence-corrected chi connectivity index (χ1v) is 4.25. The molecule has 70 valence electrons. The Balaban J connectivity index is 2.87. The van der Waals surface area contributed by atoms with E-state index < -0.39 is 0 Å². The van der Waals surface area contributed by atoms with E-state index >= 15 is 0 Å². The number of hydrazone groups is 1. The number of hydrogen-bond acceptors (Lipinski definition) is 3. The average Bonchev–Trinajstić information content (AvgIpc) is 2.16. The molecule has 0 radical (unpaired) electrons.